The molecule has 0 aliphatic heterocycles. The molecule has 0 aromatic rings. The van der Waals surface area contributed by atoms with Gasteiger partial charge in [0.25, 0.3) is 0 Å². The highest BCUT2D eigenvalue weighted by Gasteiger charge is 1.92. The molecule has 3 N–H and O–H groups in total. The molecule has 0 unspecified atom stereocenters. The van der Waals surface area contributed by atoms with Crippen molar-refractivity contribution in [2.24, 2.45) is 5.84 Å². The molecule has 0 atom stereocenters. The molecule has 7 heteroatoms. The summed E-state index contributed by atoms with van der Waals surface area (Å²) in [5.41, 5.74) is 2.50. The number of rotatable bonds is 16. The van der Waals surface area contributed by atoms with E-state index in [0.717, 1.165) is 0 Å². The van der Waals surface area contributed by atoms with Gasteiger partial charge in [-0.1, -0.05) is 5.92 Å². The average Bonchev–Trinajstić information content (AvgIpc) is 2.47. The molecule has 0 saturated carbocycles. The monoisotopic (exact) mass is 290 g/mol. The van der Waals surface area contributed by atoms with Gasteiger partial charge in [-0.05, 0) is 0 Å². The highest BCUT2D eigenvalue weighted by Crippen LogP contribution is 1.83. The third-order valence-corrected chi connectivity index (χ3v) is 2.06. The van der Waals surface area contributed by atoms with Crippen LogP contribution in [0.1, 0.15) is 0 Å². The molecule has 0 rings (SSSR count). The summed E-state index contributed by atoms with van der Waals surface area (Å²) in [4.78, 5) is 0. The van der Waals surface area contributed by atoms with Crippen LogP contribution < -0.4 is 11.3 Å². The molecule has 20 heavy (non-hydrogen) atoms. The molecule has 0 amide bonds. The molecule has 0 fully saturated rings. The van der Waals surface area contributed by atoms with Crippen molar-refractivity contribution in [1.29, 1.82) is 0 Å². The Hall–Kier alpha value is -0.720. The zero-order valence-electron chi connectivity index (χ0n) is 12.0. The van der Waals surface area contributed by atoms with E-state index in [0.29, 0.717) is 72.6 Å². The van der Waals surface area contributed by atoms with Crippen molar-refractivity contribution in [3.63, 3.8) is 0 Å². The average molecular weight is 290 g/mol. The number of hydrazine groups is 1. The Morgan fingerprint density at radius 3 is 1.50 bits per heavy atom. The van der Waals surface area contributed by atoms with Gasteiger partial charge in [0.15, 0.2) is 0 Å². The Balaban J connectivity index is 2.91. The van der Waals surface area contributed by atoms with Crippen molar-refractivity contribution in [3.8, 4) is 12.3 Å². The molecule has 0 heterocycles. The first-order valence-electron chi connectivity index (χ1n) is 6.67. The summed E-state index contributed by atoms with van der Waals surface area (Å²) in [5, 5.41) is 0. The first kappa shape index (κ1) is 19.3. The molecule has 0 bridgehead atoms. The van der Waals surface area contributed by atoms with Crippen LogP contribution in [0.25, 0.3) is 0 Å². The van der Waals surface area contributed by atoms with Crippen LogP contribution >= 0.6 is 0 Å². The van der Waals surface area contributed by atoms with Crippen LogP contribution in [0.4, 0.5) is 0 Å². The van der Waals surface area contributed by atoms with Crippen molar-refractivity contribution in [2.45, 2.75) is 0 Å². The molecule has 0 spiro atoms. The fourth-order valence-electron chi connectivity index (χ4n) is 1.14. The fraction of sp³-hybridized carbons (Fsp3) is 0.846. The summed E-state index contributed by atoms with van der Waals surface area (Å²) in [6, 6.07) is 0. The molecule has 118 valence electrons. The maximum absolute atomic E-state index is 5.32. The summed E-state index contributed by atoms with van der Waals surface area (Å²) in [7, 11) is 0. The minimum Gasteiger partial charge on any atom is -0.378 e. The van der Waals surface area contributed by atoms with Gasteiger partial charge in [-0.3, -0.25) is 11.3 Å². The van der Waals surface area contributed by atoms with Crippen LogP contribution in [0.2, 0.25) is 0 Å². The lowest BCUT2D eigenvalue weighted by atomic mass is 10.6. The van der Waals surface area contributed by atoms with Crippen LogP contribution in [-0.2, 0) is 23.7 Å². The third kappa shape index (κ3) is 17.3. The predicted molar refractivity (Wildman–Crippen MR) is 75.1 cm³/mol. The number of terminal acetylenes is 1. The number of ether oxygens (including phenoxy) is 5. The van der Waals surface area contributed by atoms with Crippen LogP contribution in [0.3, 0.4) is 0 Å². The number of nitrogens with one attached hydrogen (secondary N) is 1. The smallest absolute Gasteiger partial charge is 0.107 e. The third-order valence-electron chi connectivity index (χ3n) is 2.06. The molecule has 0 radical (unpaired) electrons. The Kier molecular flexibility index (Phi) is 17.6. The van der Waals surface area contributed by atoms with Crippen LogP contribution in [0.15, 0.2) is 0 Å². The Labute approximate surface area is 121 Å². The standard InChI is InChI=1S/C13H26N2O5/c1-2-4-16-6-8-18-10-12-20-13-11-19-9-7-17-5-3-15-14/h1,15H,3-14H2. The number of nitrogens with two attached hydrogens (primary N) is 1. The van der Waals surface area contributed by atoms with Crippen molar-refractivity contribution < 1.29 is 23.7 Å². The summed E-state index contributed by atoms with van der Waals surface area (Å²) in [6.45, 7) is 5.85. The minimum atomic E-state index is 0.323. The molecular formula is C13H26N2O5. The van der Waals surface area contributed by atoms with E-state index in [9.17, 15) is 0 Å². The SMILES string of the molecule is C#CCOCCOCCOCCOCCOCCNN. The fourth-order valence-corrected chi connectivity index (χ4v) is 1.14. The molecule has 0 saturated heterocycles. The lowest BCUT2D eigenvalue weighted by molar-refractivity contribution is -0.00887. The highest BCUT2D eigenvalue weighted by molar-refractivity contribution is 4.82. The van der Waals surface area contributed by atoms with E-state index < -0.39 is 0 Å². The van der Waals surface area contributed by atoms with Gasteiger partial charge in [0.1, 0.15) is 6.61 Å². The first-order chi connectivity index (χ1) is 9.91. The summed E-state index contributed by atoms with van der Waals surface area (Å²) < 4.78 is 26.2. The van der Waals surface area contributed by atoms with E-state index in [1.54, 1.807) is 0 Å². The van der Waals surface area contributed by atoms with Gasteiger partial charge >= 0.3 is 0 Å². The quantitative estimate of drug-likeness (QED) is 0.166. The second-order valence-corrected chi connectivity index (χ2v) is 3.66. The van der Waals surface area contributed by atoms with Gasteiger partial charge < -0.3 is 23.7 Å². The zero-order chi connectivity index (χ0) is 14.7. The second kappa shape index (κ2) is 18.3. The molecule has 0 aliphatic carbocycles. The summed E-state index contributed by atoms with van der Waals surface area (Å²) >= 11 is 0. The van der Waals surface area contributed by atoms with Crippen molar-refractivity contribution in [2.75, 3.05) is 72.6 Å². The van der Waals surface area contributed by atoms with Crippen molar-refractivity contribution in [1.82, 2.24) is 5.43 Å². The summed E-state index contributed by atoms with van der Waals surface area (Å²) in [6.07, 6.45) is 5.03. The van der Waals surface area contributed by atoms with E-state index in [4.69, 9.17) is 36.0 Å². The second-order valence-electron chi connectivity index (χ2n) is 3.66. The van der Waals surface area contributed by atoms with Crippen LogP contribution in [0.5, 0.6) is 0 Å². The largest absolute Gasteiger partial charge is 0.378 e. The molecule has 0 aromatic heterocycles. The number of hydrogen-bond acceptors (Lipinski definition) is 7. The maximum Gasteiger partial charge on any atom is 0.107 e. The molecule has 7 nitrogen and oxygen atoms in total. The van der Waals surface area contributed by atoms with Gasteiger partial charge in [0.05, 0.1) is 59.5 Å². The summed E-state index contributed by atoms with van der Waals surface area (Å²) in [5.74, 6) is 7.47. The highest BCUT2D eigenvalue weighted by atomic mass is 16.6. The van der Waals surface area contributed by atoms with Crippen LogP contribution in [-0.4, -0.2) is 72.6 Å². The zero-order valence-corrected chi connectivity index (χ0v) is 12.0. The topological polar surface area (TPSA) is 84.2 Å². The van der Waals surface area contributed by atoms with E-state index in [1.165, 1.54) is 0 Å². The van der Waals surface area contributed by atoms with Gasteiger partial charge in [0.2, 0.25) is 0 Å². The van der Waals surface area contributed by atoms with Gasteiger partial charge in [-0.15, -0.1) is 6.42 Å². The van der Waals surface area contributed by atoms with Crippen molar-refractivity contribution >= 4 is 0 Å². The van der Waals surface area contributed by atoms with Gasteiger partial charge in [-0.2, -0.15) is 0 Å². The van der Waals surface area contributed by atoms with E-state index >= 15 is 0 Å². The molecule has 0 aliphatic rings. The normalized spacial score (nSPS) is 10.6. The van der Waals surface area contributed by atoms with Crippen molar-refractivity contribution in [3.05, 3.63) is 0 Å². The maximum atomic E-state index is 5.32. The number of hydrogen-bond donors (Lipinski definition) is 2. The molecule has 0 aromatic carbocycles. The lowest BCUT2D eigenvalue weighted by Crippen LogP contribution is -2.26. The van der Waals surface area contributed by atoms with Crippen LogP contribution in [0, 0.1) is 12.3 Å². The predicted octanol–water partition coefficient (Wildman–Crippen LogP) is -0.834. The van der Waals surface area contributed by atoms with Gasteiger partial charge in [-0.25, -0.2) is 0 Å². The Morgan fingerprint density at radius 2 is 1.10 bits per heavy atom. The lowest BCUT2D eigenvalue weighted by Gasteiger charge is -2.07. The van der Waals surface area contributed by atoms with E-state index in [2.05, 4.69) is 11.3 Å². The minimum absolute atomic E-state index is 0.323. The molecular weight excluding hydrogens is 264 g/mol. The van der Waals surface area contributed by atoms with E-state index in [1.807, 2.05) is 0 Å². The van der Waals surface area contributed by atoms with Gasteiger partial charge in [0, 0.05) is 6.54 Å². The Bertz CT molecular complexity index is 223. The Morgan fingerprint density at radius 1 is 0.700 bits per heavy atom. The van der Waals surface area contributed by atoms with E-state index in [-0.39, 0.29) is 0 Å². The first-order valence-corrected chi connectivity index (χ1v) is 6.67.